The minimum Gasteiger partial charge on any atom is -0.308 e. The molecule has 1 atom stereocenters. The van der Waals surface area contributed by atoms with E-state index in [1.54, 1.807) is 0 Å². The minimum atomic E-state index is 0.162. The van der Waals surface area contributed by atoms with Gasteiger partial charge < -0.3 is 5.32 Å². The van der Waals surface area contributed by atoms with Gasteiger partial charge in [-0.15, -0.1) is 11.8 Å². The summed E-state index contributed by atoms with van der Waals surface area (Å²) in [5, 5.41) is 3.99. The first-order valence-corrected chi connectivity index (χ1v) is 8.37. The molecule has 0 amide bonds. The third-order valence-corrected chi connectivity index (χ3v) is 4.50. The second-order valence-corrected chi connectivity index (χ2v) is 7.83. The second-order valence-electron chi connectivity index (χ2n) is 6.42. The lowest BCUT2D eigenvalue weighted by atomic mass is 10.1. The van der Waals surface area contributed by atoms with Crippen LogP contribution in [0.3, 0.4) is 0 Å². The lowest BCUT2D eigenvalue weighted by molar-refractivity contribution is 0.424. The van der Waals surface area contributed by atoms with E-state index in [4.69, 9.17) is 0 Å². The van der Waals surface area contributed by atoms with Crippen molar-refractivity contribution >= 4 is 11.8 Å². The lowest BCUT2D eigenvalue weighted by Gasteiger charge is -2.20. The van der Waals surface area contributed by atoms with Crippen LogP contribution >= 0.6 is 11.8 Å². The summed E-state index contributed by atoms with van der Waals surface area (Å²) in [6.07, 6.45) is 0. The van der Waals surface area contributed by atoms with Crippen LogP contribution in [-0.4, -0.2) is 5.54 Å². The van der Waals surface area contributed by atoms with Crippen LogP contribution < -0.4 is 5.32 Å². The molecule has 0 spiro atoms. The molecular formula is C19H25NS. The summed E-state index contributed by atoms with van der Waals surface area (Å²) in [5.74, 6) is 0. The summed E-state index contributed by atoms with van der Waals surface area (Å²) in [6.45, 7) is 9.76. The van der Waals surface area contributed by atoms with Gasteiger partial charge >= 0.3 is 0 Å². The van der Waals surface area contributed by atoms with Crippen molar-refractivity contribution in [3.05, 3.63) is 65.7 Å². The van der Waals surface area contributed by atoms with Crippen LogP contribution in [0.25, 0.3) is 0 Å². The highest BCUT2D eigenvalue weighted by Gasteiger charge is 2.09. The number of rotatable bonds is 5. The Balaban J connectivity index is 1.93. The molecule has 0 saturated carbocycles. The molecule has 0 aliphatic carbocycles. The monoisotopic (exact) mass is 299 g/mol. The molecule has 0 aliphatic rings. The van der Waals surface area contributed by atoms with Gasteiger partial charge in [-0.05, 0) is 51.0 Å². The van der Waals surface area contributed by atoms with Crippen molar-refractivity contribution in [3.63, 3.8) is 0 Å². The Morgan fingerprint density at radius 1 is 0.952 bits per heavy atom. The molecule has 1 unspecified atom stereocenters. The van der Waals surface area contributed by atoms with E-state index >= 15 is 0 Å². The Morgan fingerprint density at radius 2 is 1.57 bits per heavy atom. The number of nitrogens with one attached hydrogen (secondary N) is 1. The van der Waals surface area contributed by atoms with Crippen molar-refractivity contribution in [2.24, 2.45) is 0 Å². The molecule has 0 aromatic heterocycles. The van der Waals surface area contributed by atoms with Gasteiger partial charge in [-0.3, -0.25) is 0 Å². The Bertz CT molecular complexity index is 540. The molecule has 0 bridgehead atoms. The van der Waals surface area contributed by atoms with E-state index in [1.165, 1.54) is 16.0 Å². The summed E-state index contributed by atoms with van der Waals surface area (Å²) in [5.41, 5.74) is 2.87. The molecule has 2 aromatic rings. The second kappa shape index (κ2) is 7.15. The first kappa shape index (κ1) is 16.1. The van der Waals surface area contributed by atoms with Crippen LogP contribution in [0.4, 0.5) is 0 Å². The zero-order chi connectivity index (χ0) is 15.3. The van der Waals surface area contributed by atoms with Crippen LogP contribution in [-0.2, 0) is 6.54 Å². The molecule has 1 N–H and O–H groups in total. The maximum Gasteiger partial charge on any atom is 0.0316 e. The molecular weight excluding hydrogens is 274 g/mol. The van der Waals surface area contributed by atoms with Gasteiger partial charge in [0.25, 0.3) is 0 Å². The predicted molar refractivity (Wildman–Crippen MR) is 93.7 cm³/mol. The number of hydrogen-bond donors (Lipinski definition) is 1. The first-order chi connectivity index (χ1) is 9.94. The average molecular weight is 299 g/mol. The molecule has 2 heteroatoms. The van der Waals surface area contributed by atoms with Crippen LogP contribution in [0.5, 0.6) is 0 Å². The Kier molecular flexibility index (Phi) is 5.49. The normalized spacial score (nSPS) is 13.1. The zero-order valence-electron chi connectivity index (χ0n) is 13.4. The van der Waals surface area contributed by atoms with Gasteiger partial charge in [0.1, 0.15) is 0 Å². The molecule has 0 fully saturated rings. The minimum absolute atomic E-state index is 0.162. The number of benzene rings is 2. The van der Waals surface area contributed by atoms with E-state index in [1.807, 2.05) is 11.8 Å². The van der Waals surface area contributed by atoms with Crippen LogP contribution in [0.2, 0.25) is 0 Å². The van der Waals surface area contributed by atoms with Gasteiger partial charge in [0.05, 0.1) is 0 Å². The molecule has 2 aromatic carbocycles. The highest BCUT2D eigenvalue weighted by atomic mass is 32.2. The average Bonchev–Trinajstić information content (AvgIpc) is 2.46. The summed E-state index contributed by atoms with van der Waals surface area (Å²) < 4.78 is 0. The maximum absolute atomic E-state index is 3.52. The molecule has 0 aliphatic heterocycles. The van der Waals surface area contributed by atoms with Gasteiger partial charge in [-0.2, -0.15) is 0 Å². The molecule has 0 heterocycles. The van der Waals surface area contributed by atoms with Crippen molar-refractivity contribution in [3.8, 4) is 0 Å². The highest BCUT2D eigenvalue weighted by Crippen LogP contribution is 2.34. The van der Waals surface area contributed by atoms with Gasteiger partial charge in [-0.25, -0.2) is 0 Å². The Hall–Kier alpha value is -1.25. The first-order valence-electron chi connectivity index (χ1n) is 7.50. The standard InChI is InChI=1S/C19H25NS/c1-15(17-8-6-5-7-9-17)21-18-12-10-16(11-13-18)14-20-19(2,3)4/h5-13,15,20H,14H2,1-4H3. The van der Waals surface area contributed by atoms with Crippen molar-refractivity contribution in [1.29, 1.82) is 0 Å². The third kappa shape index (κ3) is 5.56. The van der Waals surface area contributed by atoms with Crippen molar-refractivity contribution < 1.29 is 0 Å². The van der Waals surface area contributed by atoms with Gasteiger partial charge in [0, 0.05) is 22.2 Å². The van der Waals surface area contributed by atoms with E-state index in [0.29, 0.717) is 5.25 Å². The Morgan fingerprint density at radius 3 is 2.14 bits per heavy atom. The van der Waals surface area contributed by atoms with Crippen LogP contribution in [0.15, 0.2) is 59.5 Å². The van der Waals surface area contributed by atoms with Crippen molar-refractivity contribution in [2.45, 2.75) is 49.9 Å². The van der Waals surface area contributed by atoms with Crippen molar-refractivity contribution in [2.75, 3.05) is 0 Å². The molecule has 0 saturated heterocycles. The largest absolute Gasteiger partial charge is 0.308 e. The Labute approximate surface area is 133 Å². The van der Waals surface area contributed by atoms with E-state index in [-0.39, 0.29) is 5.54 Å². The summed E-state index contributed by atoms with van der Waals surface area (Å²) >= 11 is 1.91. The van der Waals surface area contributed by atoms with Gasteiger partial charge in [0.15, 0.2) is 0 Å². The number of hydrogen-bond acceptors (Lipinski definition) is 2. The topological polar surface area (TPSA) is 12.0 Å². The molecule has 2 rings (SSSR count). The third-order valence-electron chi connectivity index (χ3n) is 3.33. The molecule has 112 valence electrons. The summed E-state index contributed by atoms with van der Waals surface area (Å²) in [4.78, 5) is 1.32. The van der Waals surface area contributed by atoms with Gasteiger partial charge in [0.2, 0.25) is 0 Å². The predicted octanol–water partition coefficient (Wildman–Crippen LogP) is 5.43. The van der Waals surface area contributed by atoms with E-state index in [9.17, 15) is 0 Å². The number of thioether (sulfide) groups is 1. The summed E-state index contributed by atoms with van der Waals surface area (Å²) in [6, 6.07) is 19.6. The SMILES string of the molecule is CC(Sc1ccc(CNC(C)(C)C)cc1)c1ccccc1. The quantitative estimate of drug-likeness (QED) is 0.739. The van der Waals surface area contributed by atoms with Crippen molar-refractivity contribution in [1.82, 2.24) is 5.32 Å². The highest BCUT2D eigenvalue weighted by molar-refractivity contribution is 7.99. The van der Waals surface area contributed by atoms with E-state index < -0.39 is 0 Å². The van der Waals surface area contributed by atoms with E-state index in [0.717, 1.165) is 6.54 Å². The lowest BCUT2D eigenvalue weighted by Crippen LogP contribution is -2.35. The smallest absolute Gasteiger partial charge is 0.0316 e. The summed E-state index contributed by atoms with van der Waals surface area (Å²) in [7, 11) is 0. The maximum atomic E-state index is 3.52. The van der Waals surface area contributed by atoms with E-state index in [2.05, 4.69) is 87.6 Å². The fourth-order valence-electron chi connectivity index (χ4n) is 2.05. The van der Waals surface area contributed by atoms with Gasteiger partial charge in [-0.1, -0.05) is 42.5 Å². The fraction of sp³-hybridized carbons (Fsp3) is 0.368. The molecule has 1 nitrogen and oxygen atoms in total. The zero-order valence-corrected chi connectivity index (χ0v) is 14.2. The van der Waals surface area contributed by atoms with Crippen LogP contribution in [0, 0.1) is 0 Å². The molecule has 21 heavy (non-hydrogen) atoms. The van der Waals surface area contributed by atoms with Crippen LogP contribution in [0.1, 0.15) is 44.1 Å². The molecule has 0 radical (unpaired) electrons. The fourth-order valence-corrected chi connectivity index (χ4v) is 3.04.